The summed E-state index contributed by atoms with van der Waals surface area (Å²) in [6, 6.07) is 16.3. The Morgan fingerprint density at radius 1 is 0.927 bits per heavy atom. The molecule has 4 amide bonds. The Balaban J connectivity index is 1.49. The molecule has 11 heteroatoms. The highest BCUT2D eigenvalue weighted by atomic mass is 79.9. The van der Waals surface area contributed by atoms with Crippen LogP contribution in [0.2, 0.25) is 0 Å². The van der Waals surface area contributed by atoms with Crippen molar-refractivity contribution in [2.45, 2.75) is 35.1 Å². The van der Waals surface area contributed by atoms with Crippen molar-refractivity contribution in [2.24, 2.45) is 17.8 Å². The van der Waals surface area contributed by atoms with Crippen LogP contribution in [0.4, 0.5) is 0 Å². The maximum Gasteiger partial charge on any atom is 0.254 e. The highest BCUT2D eigenvalue weighted by molar-refractivity contribution is 9.09. The number of likely N-dealkylation sites (tertiary alicyclic amines) is 2. The van der Waals surface area contributed by atoms with E-state index in [-0.39, 0.29) is 49.9 Å². The number of allylic oxidation sites excluding steroid dienone is 2. The van der Waals surface area contributed by atoms with Gasteiger partial charge in [-0.3, -0.25) is 29.0 Å². The van der Waals surface area contributed by atoms with Crippen LogP contribution in [0, 0.1) is 17.8 Å². The molecule has 0 bridgehead atoms. The zero-order chi connectivity index (χ0) is 29.1. The summed E-state index contributed by atoms with van der Waals surface area (Å²) in [4.78, 5) is 53.7. The molecule has 2 saturated heterocycles. The third-order valence-electron chi connectivity index (χ3n) is 8.87. The number of halogens is 3. The number of nitrogens with zero attached hydrogens (tertiary/aromatic N) is 2. The molecule has 1 saturated carbocycles. The van der Waals surface area contributed by atoms with Crippen LogP contribution >= 0.6 is 39.1 Å². The molecule has 41 heavy (non-hydrogen) atoms. The third-order valence-corrected chi connectivity index (χ3v) is 10.8. The van der Waals surface area contributed by atoms with E-state index in [0.29, 0.717) is 16.9 Å². The minimum atomic E-state index is -1.91. The largest absolute Gasteiger partial charge is 0.491 e. The van der Waals surface area contributed by atoms with Crippen molar-refractivity contribution in [3.63, 3.8) is 0 Å². The summed E-state index contributed by atoms with van der Waals surface area (Å²) >= 11 is 17.8. The van der Waals surface area contributed by atoms with E-state index < -0.39 is 45.2 Å². The molecule has 6 atom stereocenters. The van der Waals surface area contributed by atoms with E-state index in [1.54, 1.807) is 24.3 Å². The Morgan fingerprint density at radius 3 is 2.34 bits per heavy atom. The number of hydrogen-bond donors (Lipinski definition) is 1. The van der Waals surface area contributed by atoms with Crippen LogP contribution in [0.15, 0.2) is 66.2 Å². The maximum atomic E-state index is 14.0. The lowest BCUT2D eigenvalue weighted by Gasteiger charge is -2.51. The van der Waals surface area contributed by atoms with Crippen molar-refractivity contribution in [1.29, 1.82) is 0 Å². The van der Waals surface area contributed by atoms with Crippen LogP contribution in [0.25, 0.3) is 0 Å². The van der Waals surface area contributed by atoms with Gasteiger partial charge in [0.15, 0.2) is 9.75 Å². The fraction of sp³-hybridized carbons (Fsp3) is 0.400. The summed E-state index contributed by atoms with van der Waals surface area (Å²) in [6.07, 6.45) is 2.11. The fourth-order valence-corrected chi connectivity index (χ4v) is 8.51. The molecule has 0 spiro atoms. The van der Waals surface area contributed by atoms with Gasteiger partial charge in [0.1, 0.15) is 12.4 Å². The SMILES string of the molecule is O=C1C2CC=C3C(CC4(Cl)C(=O)N(CBr)C(=O)C4(Cl)C3c3ccccc3OCCO)C2C(=O)N1Cc1ccccc1. The molecule has 1 N–H and O–H groups in total. The molecule has 8 nitrogen and oxygen atoms in total. The van der Waals surface area contributed by atoms with E-state index >= 15 is 0 Å². The zero-order valence-electron chi connectivity index (χ0n) is 21.8. The molecule has 0 radical (unpaired) electrons. The number of aliphatic hydroxyl groups is 1. The van der Waals surface area contributed by atoms with E-state index in [1.807, 2.05) is 36.4 Å². The molecule has 2 aliphatic heterocycles. The number of rotatable bonds is 7. The quantitative estimate of drug-likeness (QED) is 0.209. The monoisotopic (exact) mass is 660 g/mol. The summed E-state index contributed by atoms with van der Waals surface area (Å²) in [5.41, 5.74) is 1.94. The van der Waals surface area contributed by atoms with Crippen molar-refractivity contribution in [1.82, 2.24) is 9.80 Å². The summed E-state index contributed by atoms with van der Waals surface area (Å²) in [5, 5.41) is 9.42. The second-order valence-electron chi connectivity index (χ2n) is 10.8. The van der Waals surface area contributed by atoms with Gasteiger partial charge in [-0.15, -0.1) is 23.2 Å². The number of carbonyl (C=O) groups is 4. The van der Waals surface area contributed by atoms with Gasteiger partial charge in [0.05, 0.1) is 30.4 Å². The minimum Gasteiger partial charge on any atom is -0.491 e. The van der Waals surface area contributed by atoms with Gasteiger partial charge >= 0.3 is 0 Å². The number of carbonyl (C=O) groups excluding carboxylic acids is 4. The standard InChI is InChI=1S/C30H27BrCl2N2O6/c31-16-35-27(39)29(32)14-21-18(24(30(29,33)28(35)40)19-8-4-5-9-22(19)41-13-12-36)10-11-20-23(21)26(38)34(25(20)37)15-17-6-2-1-3-7-17/h1-10,20-21,23-24,36H,11-16H2. The van der Waals surface area contributed by atoms with E-state index in [4.69, 9.17) is 27.9 Å². The van der Waals surface area contributed by atoms with Crippen molar-refractivity contribution < 1.29 is 29.0 Å². The summed E-state index contributed by atoms with van der Waals surface area (Å²) in [6.45, 7) is -0.0860. The topological polar surface area (TPSA) is 104 Å². The Morgan fingerprint density at radius 2 is 1.63 bits per heavy atom. The number of fused-ring (bicyclic) bond motifs is 4. The highest BCUT2D eigenvalue weighted by Crippen LogP contribution is 2.66. The van der Waals surface area contributed by atoms with E-state index in [0.717, 1.165) is 10.5 Å². The van der Waals surface area contributed by atoms with Crippen LogP contribution in [0.5, 0.6) is 5.75 Å². The smallest absolute Gasteiger partial charge is 0.254 e. The first kappa shape index (κ1) is 28.4. The molecule has 6 unspecified atom stereocenters. The number of imide groups is 2. The first-order valence-electron chi connectivity index (χ1n) is 13.4. The van der Waals surface area contributed by atoms with Crippen LogP contribution in [-0.2, 0) is 25.7 Å². The van der Waals surface area contributed by atoms with Crippen molar-refractivity contribution in [3.8, 4) is 5.75 Å². The minimum absolute atomic E-state index is 0.0000475. The van der Waals surface area contributed by atoms with Crippen LogP contribution in [-0.4, -0.2) is 67.0 Å². The average Bonchev–Trinajstić information content (AvgIpc) is 3.30. The van der Waals surface area contributed by atoms with Gasteiger partial charge in [0, 0.05) is 11.5 Å². The second-order valence-corrected chi connectivity index (χ2v) is 12.6. The van der Waals surface area contributed by atoms with Gasteiger partial charge in [-0.2, -0.15) is 0 Å². The predicted octanol–water partition coefficient (Wildman–Crippen LogP) is 3.97. The normalized spacial score (nSPS) is 32.5. The lowest BCUT2D eigenvalue weighted by Crippen LogP contribution is -2.60. The van der Waals surface area contributed by atoms with Crippen molar-refractivity contribution in [2.75, 3.05) is 18.7 Å². The van der Waals surface area contributed by atoms with Crippen molar-refractivity contribution >= 4 is 62.8 Å². The van der Waals surface area contributed by atoms with Crippen LogP contribution in [0.1, 0.15) is 29.9 Å². The first-order valence-corrected chi connectivity index (χ1v) is 15.3. The van der Waals surface area contributed by atoms with E-state index in [9.17, 15) is 24.3 Å². The van der Waals surface area contributed by atoms with Gasteiger partial charge < -0.3 is 9.84 Å². The fourth-order valence-electron chi connectivity index (χ4n) is 7.09. The molecule has 2 aromatic carbocycles. The molecule has 4 aliphatic rings. The lowest BCUT2D eigenvalue weighted by molar-refractivity contribution is -0.141. The number of ether oxygens (including phenoxy) is 1. The molecule has 2 aromatic rings. The summed E-state index contributed by atoms with van der Waals surface area (Å²) in [5.74, 6) is -4.38. The summed E-state index contributed by atoms with van der Waals surface area (Å²) < 4.78 is 5.84. The Labute approximate surface area is 255 Å². The molecule has 0 aromatic heterocycles. The molecular formula is C30H27BrCl2N2O6. The third kappa shape index (κ3) is 4.03. The van der Waals surface area contributed by atoms with Crippen LogP contribution in [0.3, 0.4) is 0 Å². The predicted molar refractivity (Wildman–Crippen MR) is 154 cm³/mol. The molecule has 214 valence electrons. The molecule has 6 rings (SSSR count). The average molecular weight is 662 g/mol. The Kier molecular flexibility index (Phi) is 7.29. The maximum absolute atomic E-state index is 14.0. The van der Waals surface area contributed by atoms with Crippen molar-refractivity contribution in [3.05, 3.63) is 77.4 Å². The number of amides is 4. The zero-order valence-corrected chi connectivity index (χ0v) is 24.9. The number of hydrogen-bond acceptors (Lipinski definition) is 6. The number of benzene rings is 2. The first-order chi connectivity index (χ1) is 19.7. The molecule has 2 aliphatic carbocycles. The van der Waals surface area contributed by atoms with Gasteiger partial charge in [0.25, 0.3) is 11.8 Å². The number of para-hydroxylation sites is 1. The highest BCUT2D eigenvalue weighted by Gasteiger charge is 2.76. The number of alkyl halides is 3. The van der Waals surface area contributed by atoms with E-state index in [1.165, 1.54) is 4.90 Å². The molecule has 2 heterocycles. The van der Waals surface area contributed by atoms with Crippen LogP contribution < -0.4 is 4.74 Å². The van der Waals surface area contributed by atoms with Gasteiger partial charge in [-0.1, -0.05) is 76.1 Å². The molecule has 3 fully saturated rings. The van der Waals surface area contributed by atoms with Gasteiger partial charge in [-0.05, 0) is 30.4 Å². The lowest BCUT2D eigenvalue weighted by atomic mass is 9.56. The van der Waals surface area contributed by atoms with Gasteiger partial charge in [-0.25, -0.2) is 0 Å². The molecular weight excluding hydrogens is 635 g/mol. The van der Waals surface area contributed by atoms with Gasteiger partial charge in [0.2, 0.25) is 11.8 Å². The Bertz CT molecular complexity index is 1470. The van der Waals surface area contributed by atoms with E-state index in [2.05, 4.69) is 15.9 Å². The number of aliphatic hydroxyl groups excluding tert-OH is 1. The Hall–Kier alpha value is -2.72. The second kappa shape index (κ2) is 10.5. The summed E-state index contributed by atoms with van der Waals surface area (Å²) in [7, 11) is 0.